The van der Waals surface area contributed by atoms with Crippen LogP contribution in [0.2, 0.25) is 0 Å². The van der Waals surface area contributed by atoms with E-state index in [9.17, 15) is 17.9 Å². The maximum absolute atomic E-state index is 13.2. The van der Waals surface area contributed by atoms with Gasteiger partial charge in [-0.15, -0.1) is 0 Å². The number of pyridine rings is 1. The Morgan fingerprint density at radius 1 is 0.907 bits per heavy atom. The normalized spacial score (nSPS) is 12.3. The third kappa shape index (κ3) is 8.13. The maximum atomic E-state index is 13.2. The smallest absolute Gasteiger partial charge is 0.261 e. The average molecular weight is 600 g/mol. The van der Waals surface area contributed by atoms with Crippen molar-refractivity contribution in [3.63, 3.8) is 0 Å². The molecular weight excluding hydrogens is 565 g/mol. The summed E-state index contributed by atoms with van der Waals surface area (Å²) in [5.74, 6) is 0.561. The summed E-state index contributed by atoms with van der Waals surface area (Å²) in [6.45, 7) is 3.02. The molecule has 0 aliphatic heterocycles. The lowest BCUT2D eigenvalue weighted by molar-refractivity contribution is 0.174. The molecule has 1 atom stereocenters. The first kappa shape index (κ1) is 30.1. The van der Waals surface area contributed by atoms with E-state index in [-0.39, 0.29) is 10.7 Å². The number of rotatable bonds is 13. The zero-order valence-electron chi connectivity index (χ0n) is 23.8. The second-order valence-electron chi connectivity index (χ2n) is 10.4. The van der Waals surface area contributed by atoms with E-state index < -0.39 is 16.1 Å². The number of aromatic nitrogens is 3. The number of H-pyrrole nitrogens is 1. The molecule has 0 spiro atoms. The maximum Gasteiger partial charge on any atom is 0.261 e. The molecule has 10 heteroatoms. The second-order valence-corrected chi connectivity index (χ2v) is 12.0. The third-order valence-corrected chi connectivity index (χ3v) is 8.54. The molecule has 0 aliphatic rings. The molecule has 2 aromatic heterocycles. The van der Waals surface area contributed by atoms with E-state index in [1.807, 2.05) is 25.1 Å². The van der Waals surface area contributed by atoms with Crippen molar-refractivity contribution in [2.24, 2.45) is 0 Å². The molecule has 3 aromatic carbocycles. The predicted molar refractivity (Wildman–Crippen MR) is 166 cm³/mol. The fraction of sp³-hybridized carbons (Fsp3) is 0.212. The summed E-state index contributed by atoms with van der Waals surface area (Å²) in [6, 6.07) is 24.0. The Labute approximate surface area is 251 Å². The van der Waals surface area contributed by atoms with Crippen LogP contribution in [0.5, 0.6) is 0 Å². The number of hydrogen-bond acceptors (Lipinski definition) is 6. The van der Waals surface area contributed by atoms with E-state index in [4.69, 9.17) is 4.98 Å². The largest absolute Gasteiger partial charge is 0.387 e. The molecule has 5 aromatic rings. The van der Waals surface area contributed by atoms with Gasteiger partial charge in [-0.3, -0.25) is 9.71 Å². The van der Waals surface area contributed by atoms with E-state index >= 15 is 0 Å². The SMILES string of the molecule is Cc1[nH]c(CCc2ccc(F)cc2)nc1-c1ccc(S(=O)(=O)Nc2ccc(CCNCC(O)c3cccnc3)cc2)cc1. The van der Waals surface area contributed by atoms with Gasteiger partial charge in [-0.2, -0.15) is 0 Å². The van der Waals surface area contributed by atoms with E-state index in [0.29, 0.717) is 25.2 Å². The van der Waals surface area contributed by atoms with E-state index in [2.05, 4.69) is 20.0 Å². The minimum atomic E-state index is -3.78. The fourth-order valence-electron chi connectivity index (χ4n) is 4.74. The predicted octanol–water partition coefficient (Wildman–Crippen LogP) is 5.37. The molecule has 0 radical (unpaired) electrons. The Morgan fingerprint density at radius 2 is 1.60 bits per heavy atom. The minimum absolute atomic E-state index is 0.154. The molecule has 8 nitrogen and oxygen atoms in total. The van der Waals surface area contributed by atoms with Gasteiger partial charge < -0.3 is 15.4 Å². The number of imidazole rings is 1. The van der Waals surface area contributed by atoms with E-state index in [1.54, 1.807) is 67.0 Å². The molecule has 0 saturated carbocycles. The molecule has 4 N–H and O–H groups in total. The minimum Gasteiger partial charge on any atom is -0.387 e. The van der Waals surface area contributed by atoms with Gasteiger partial charge >= 0.3 is 0 Å². The number of hydrogen-bond donors (Lipinski definition) is 4. The Hall–Kier alpha value is -4.38. The van der Waals surface area contributed by atoms with Gasteiger partial charge in [0, 0.05) is 47.9 Å². The Balaban J connectivity index is 1.13. The van der Waals surface area contributed by atoms with Crippen LogP contribution in [0.4, 0.5) is 10.1 Å². The molecule has 1 unspecified atom stereocenters. The molecular formula is C33H34FN5O3S. The molecule has 5 rings (SSSR count). The van der Waals surface area contributed by atoms with Gasteiger partial charge in [-0.25, -0.2) is 17.8 Å². The summed E-state index contributed by atoms with van der Waals surface area (Å²) in [5, 5.41) is 13.5. The number of halogens is 1. The lowest BCUT2D eigenvalue weighted by atomic mass is 10.1. The summed E-state index contributed by atoms with van der Waals surface area (Å²) in [7, 11) is -3.78. The third-order valence-electron chi connectivity index (χ3n) is 7.14. The lowest BCUT2D eigenvalue weighted by Gasteiger charge is -2.12. The lowest BCUT2D eigenvalue weighted by Crippen LogP contribution is -2.23. The highest BCUT2D eigenvalue weighted by Gasteiger charge is 2.16. The van der Waals surface area contributed by atoms with Gasteiger partial charge in [0.05, 0.1) is 16.7 Å². The number of anilines is 1. The Morgan fingerprint density at radius 3 is 2.30 bits per heavy atom. The first-order valence-corrected chi connectivity index (χ1v) is 15.6. The van der Waals surface area contributed by atoms with Crippen molar-refractivity contribution in [1.29, 1.82) is 0 Å². The van der Waals surface area contributed by atoms with Gasteiger partial charge in [0.25, 0.3) is 10.0 Å². The molecule has 0 saturated heterocycles. The number of sulfonamides is 1. The second kappa shape index (κ2) is 13.7. The Kier molecular flexibility index (Phi) is 9.61. The van der Waals surface area contributed by atoms with Crippen LogP contribution < -0.4 is 10.0 Å². The van der Waals surface area contributed by atoms with Gasteiger partial charge in [-0.1, -0.05) is 42.5 Å². The monoisotopic (exact) mass is 599 g/mol. The molecule has 222 valence electrons. The number of aryl methyl sites for hydroxylation is 3. The molecule has 0 aliphatic carbocycles. The van der Waals surface area contributed by atoms with E-state index in [0.717, 1.165) is 52.3 Å². The summed E-state index contributed by atoms with van der Waals surface area (Å²) >= 11 is 0. The van der Waals surface area contributed by atoms with Crippen LogP contribution >= 0.6 is 0 Å². The van der Waals surface area contributed by atoms with Crippen molar-refractivity contribution in [2.45, 2.75) is 37.2 Å². The van der Waals surface area contributed by atoms with Crippen molar-refractivity contribution < 1.29 is 17.9 Å². The summed E-state index contributed by atoms with van der Waals surface area (Å²) < 4.78 is 41.9. The quantitative estimate of drug-likeness (QED) is 0.135. The van der Waals surface area contributed by atoms with Gasteiger partial charge in [0.2, 0.25) is 0 Å². The van der Waals surface area contributed by atoms with Crippen LogP contribution in [-0.4, -0.2) is 41.6 Å². The number of aliphatic hydroxyl groups is 1. The van der Waals surface area contributed by atoms with Crippen molar-refractivity contribution in [2.75, 3.05) is 17.8 Å². The first-order valence-electron chi connectivity index (χ1n) is 14.1. The van der Waals surface area contributed by atoms with Gasteiger partial charge in [0.15, 0.2) is 0 Å². The van der Waals surface area contributed by atoms with Crippen LogP contribution in [0.1, 0.15) is 34.3 Å². The van der Waals surface area contributed by atoms with Crippen LogP contribution in [0.3, 0.4) is 0 Å². The zero-order valence-corrected chi connectivity index (χ0v) is 24.6. The standard InChI is InChI=1S/C33H34FN5O3S/c1-23-33(38-32(37-23)17-8-24-4-11-28(34)12-5-24)26-9-15-30(16-10-26)43(41,42)39-29-13-6-25(7-14-29)18-20-36-22-31(40)27-3-2-19-35-21-27/h2-7,9-16,19,21,31,36,39-40H,8,17-18,20,22H2,1H3,(H,37,38). The molecule has 0 bridgehead atoms. The number of nitrogens with one attached hydrogen (secondary N) is 3. The van der Waals surface area contributed by atoms with Gasteiger partial charge in [-0.05, 0) is 79.9 Å². The van der Waals surface area contributed by atoms with Crippen molar-refractivity contribution in [1.82, 2.24) is 20.3 Å². The van der Waals surface area contributed by atoms with Gasteiger partial charge in [0.1, 0.15) is 11.6 Å². The topological polar surface area (TPSA) is 120 Å². The molecule has 2 heterocycles. The van der Waals surface area contributed by atoms with Crippen molar-refractivity contribution in [3.8, 4) is 11.3 Å². The summed E-state index contributed by atoms with van der Waals surface area (Å²) in [6.07, 6.45) is 4.82. The van der Waals surface area contributed by atoms with E-state index in [1.165, 1.54) is 12.1 Å². The van der Waals surface area contributed by atoms with Crippen molar-refractivity contribution in [3.05, 3.63) is 131 Å². The molecule has 0 fully saturated rings. The van der Waals surface area contributed by atoms with Crippen LogP contribution in [0, 0.1) is 12.7 Å². The van der Waals surface area contributed by atoms with Crippen molar-refractivity contribution >= 4 is 15.7 Å². The number of benzene rings is 3. The highest BCUT2D eigenvalue weighted by molar-refractivity contribution is 7.92. The number of aromatic amines is 1. The van der Waals surface area contributed by atoms with Crippen LogP contribution in [-0.2, 0) is 29.3 Å². The summed E-state index contributed by atoms with van der Waals surface area (Å²) in [5.41, 5.74) is 5.78. The Bertz CT molecular complexity index is 1720. The number of nitrogens with zero attached hydrogens (tertiary/aromatic N) is 2. The summed E-state index contributed by atoms with van der Waals surface area (Å²) in [4.78, 5) is 12.2. The average Bonchev–Trinajstić information content (AvgIpc) is 3.40. The fourth-order valence-corrected chi connectivity index (χ4v) is 5.80. The highest BCUT2D eigenvalue weighted by atomic mass is 32.2. The first-order chi connectivity index (χ1) is 20.8. The number of aliphatic hydroxyl groups excluding tert-OH is 1. The molecule has 43 heavy (non-hydrogen) atoms. The highest BCUT2D eigenvalue weighted by Crippen LogP contribution is 2.25. The van der Waals surface area contributed by atoms with Crippen LogP contribution in [0.25, 0.3) is 11.3 Å². The molecule has 0 amide bonds. The zero-order chi connectivity index (χ0) is 30.2. The van der Waals surface area contributed by atoms with Crippen LogP contribution in [0.15, 0.2) is 102 Å².